The fourth-order valence-corrected chi connectivity index (χ4v) is 3.12. The number of hydrogen-bond acceptors (Lipinski definition) is 2. The van der Waals surface area contributed by atoms with E-state index in [-0.39, 0.29) is 12.1 Å². The number of nitrogens with one attached hydrogen (secondary N) is 2. The first-order valence-electron chi connectivity index (χ1n) is 7.54. The van der Waals surface area contributed by atoms with E-state index in [1.165, 1.54) is 11.1 Å². The number of urea groups is 1. The first kappa shape index (κ1) is 13.4. The summed E-state index contributed by atoms with van der Waals surface area (Å²) in [6, 6.07) is 8.58. The molecule has 2 N–H and O–H groups in total. The Morgan fingerprint density at radius 1 is 1.25 bits per heavy atom. The van der Waals surface area contributed by atoms with Gasteiger partial charge in [0.25, 0.3) is 0 Å². The summed E-state index contributed by atoms with van der Waals surface area (Å²) in [6.07, 6.45) is 5.41. The Kier molecular flexibility index (Phi) is 4.21. The standard InChI is InChI=1S/C16H22N2O2/c19-16(17-8-7-15-6-3-9-20-15)18-14-10-12-4-1-2-5-13(12)11-14/h1-2,4-5,14-15H,3,6-11H2,(H2,17,18,19)/t15-/m0/s1. The molecule has 108 valence electrons. The lowest BCUT2D eigenvalue weighted by Gasteiger charge is -2.14. The first-order valence-corrected chi connectivity index (χ1v) is 7.54. The Hall–Kier alpha value is -1.55. The van der Waals surface area contributed by atoms with Crippen molar-refractivity contribution in [2.45, 2.75) is 44.2 Å². The molecule has 0 saturated carbocycles. The molecule has 1 atom stereocenters. The number of hydrogen-bond donors (Lipinski definition) is 2. The second kappa shape index (κ2) is 6.27. The van der Waals surface area contributed by atoms with Gasteiger partial charge in [-0.3, -0.25) is 0 Å². The molecule has 4 nitrogen and oxygen atoms in total. The predicted molar refractivity (Wildman–Crippen MR) is 77.8 cm³/mol. The van der Waals surface area contributed by atoms with Crippen LogP contribution in [0.15, 0.2) is 24.3 Å². The summed E-state index contributed by atoms with van der Waals surface area (Å²) < 4.78 is 5.54. The van der Waals surface area contributed by atoms with Gasteiger partial charge in [0.15, 0.2) is 0 Å². The number of fused-ring (bicyclic) bond motifs is 1. The minimum Gasteiger partial charge on any atom is -0.378 e. The number of rotatable bonds is 4. The second-order valence-corrected chi connectivity index (χ2v) is 5.70. The van der Waals surface area contributed by atoms with Gasteiger partial charge >= 0.3 is 6.03 Å². The summed E-state index contributed by atoms with van der Waals surface area (Å²) in [7, 11) is 0. The van der Waals surface area contributed by atoms with Crippen molar-refractivity contribution in [1.82, 2.24) is 10.6 Å². The van der Waals surface area contributed by atoms with Crippen molar-refractivity contribution in [3.05, 3.63) is 35.4 Å². The molecule has 4 heteroatoms. The molecule has 0 radical (unpaired) electrons. The maximum atomic E-state index is 11.9. The molecule has 1 aliphatic heterocycles. The lowest BCUT2D eigenvalue weighted by atomic mass is 10.1. The zero-order chi connectivity index (χ0) is 13.8. The first-order chi connectivity index (χ1) is 9.81. The van der Waals surface area contributed by atoms with Crippen molar-refractivity contribution in [1.29, 1.82) is 0 Å². The molecule has 1 aromatic carbocycles. The highest BCUT2D eigenvalue weighted by atomic mass is 16.5. The van der Waals surface area contributed by atoms with E-state index in [4.69, 9.17) is 4.74 Å². The van der Waals surface area contributed by atoms with E-state index in [1.54, 1.807) is 0 Å². The Morgan fingerprint density at radius 3 is 2.65 bits per heavy atom. The molecule has 1 heterocycles. The van der Waals surface area contributed by atoms with E-state index in [1.807, 2.05) is 0 Å². The molecular weight excluding hydrogens is 252 g/mol. The third-order valence-electron chi connectivity index (χ3n) is 4.16. The third-order valence-corrected chi connectivity index (χ3v) is 4.16. The van der Waals surface area contributed by atoms with E-state index in [0.717, 1.165) is 38.7 Å². The Morgan fingerprint density at radius 2 is 2.00 bits per heavy atom. The Balaban J connectivity index is 1.37. The highest BCUT2D eigenvalue weighted by molar-refractivity contribution is 5.74. The SMILES string of the molecule is O=C(NCC[C@@H]1CCCO1)NC1Cc2ccccc2C1. The minimum atomic E-state index is -0.0548. The highest BCUT2D eigenvalue weighted by Crippen LogP contribution is 2.21. The maximum Gasteiger partial charge on any atom is 0.315 e. The lowest BCUT2D eigenvalue weighted by molar-refractivity contribution is 0.104. The van der Waals surface area contributed by atoms with Crippen molar-refractivity contribution in [2.24, 2.45) is 0 Å². The van der Waals surface area contributed by atoms with Crippen molar-refractivity contribution in [2.75, 3.05) is 13.2 Å². The van der Waals surface area contributed by atoms with Crippen molar-refractivity contribution in [3.63, 3.8) is 0 Å². The number of ether oxygens (including phenoxy) is 1. The molecule has 1 saturated heterocycles. The van der Waals surface area contributed by atoms with Crippen molar-refractivity contribution < 1.29 is 9.53 Å². The lowest BCUT2D eigenvalue weighted by Crippen LogP contribution is -2.43. The van der Waals surface area contributed by atoms with Gasteiger partial charge < -0.3 is 15.4 Å². The maximum absolute atomic E-state index is 11.9. The average Bonchev–Trinajstić information content (AvgIpc) is 3.06. The molecule has 20 heavy (non-hydrogen) atoms. The molecule has 0 spiro atoms. The van der Waals surface area contributed by atoms with Crippen LogP contribution in [0.1, 0.15) is 30.4 Å². The molecule has 0 aromatic heterocycles. The molecule has 2 amide bonds. The monoisotopic (exact) mass is 274 g/mol. The van der Waals surface area contributed by atoms with Gasteiger partial charge in [-0.2, -0.15) is 0 Å². The molecule has 3 rings (SSSR count). The van der Waals surface area contributed by atoms with Crippen LogP contribution < -0.4 is 10.6 Å². The smallest absolute Gasteiger partial charge is 0.315 e. The summed E-state index contributed by atoms with van der Waals surface area (Å²) in [6.45, 7) is 1.56. The number of benzene rings is 1. The van der Waals surface area contributed by atoms with E-state index in [0.29, 0.717) is 12.6 Å². The summed E-state index contributed by atoms with van der Waals surface area (Å²) in [4.78, 5) is 11.9. The zero-order valence-corrected chi connectivity index (χ0v) is 11.7. The Bertz CT molecular complexity index is 444. The van der Waals surface area contributed by atoms with Crippen molar-refractivity contribution in [3.8, 4) is 0 Å². The van der Waals surface area contributed by atoms with Crippen LogP contribution in [0.25, 0.3) is 0 Å². The Labute approximate surface area is 119 Å². The molecule has 0 unspecified atom stereocenters. The number of carbonyl (C=O) groups is 1. The predicted octanol–water partition coefficient (Wildman–Crippen LogP) is 2.02. The summed E-state index contributed by atoms with van der Waals surface area (Å²) >= 11 is 0. The van der Waals surface area contributed by atoms with Crippen LogP contribution in [0.4, 0.5) is 4.79 Å². The van der Waals surface area contributed by atoms with Crippen molar-refractivity contribution >= 4 is 6.03 Å². The summed E-state index contributed by atoms with van der Waals surface area (Å²) in [5.74, 6) is 0. The van der Waals surface area contributed by atoms with E-state index >= 15 is 0 Å². The van der Waals surface area contributed by atoms with Crippen LogP contribution in [-0.4, -0.2) is 31.3 Å². The quantitative estimate of drug-likeness (QED) is 0.882. The van der Waals surface area contributed by atoms with Crippen LogP contribution in [0.3, 0.4) is 0 Å². The third kappa shape index (κ3) is 3.31. The van der Waals surface area contributed by atoms with Crippen LogP contribution in [-0.2, 0) is 17.6 Å². The van der Waals surface area contributed by atoms with Gasteiger partial charge in [-0.25, -0.2) is 4.79 Å². The molecule has 1 fully saturated rings. The normalized spacial score (nSPS) is 21.7. The minimum absolute atomic E-state index is 0.0548. The number of carbonyl (C=O) groups excluding carboxylic acids is 1. The molecule has 1 aromatic rings. The molecule has 0 bridgehead atoms. The fourth-order valence-electron chi connectivity index (χ4n) is 3.12. The van der Waals surface area contributed by atoms with Gasteiger partial charge in [-0.05, 0) is 43.2 Å². The topological polar surface area (TPSA) is 50.4 Å². The van der Waals surface area contributed by atoms with E-state index in [2.05, 4.69) is 34.9 Å². The highest BCUT2D eigenvalue weighted by Gasteiger charge is 2.22. The van der Waals surface area contributed by atoms with Gasteiger partial charge in [0.05, 0.1) is 6.10 Å². The number of amides is 2. The largest absolute Gasteiger partial charge is 0.378 e. The average molecular weight is 274 g/mol. The van der Waals surface area contributed by atoms with Gasteiger partial charge in [-0.15, -0.1) is 0 Å². The van der Waals surface area contributed by atoms with Gasteiger partial charge in [0, 0.05) is 19.2 Å². The molecule has 1 aliphatic carbocycles. The van der Waals surface area contributed by atoms with Crippen LogP contribution in [0.2, 0.25) is 0 Å². The van der Waals surface area contributed by atoms with E-state index in [9.17, 15) is 4.79 Å². The fraction of sp³-hybridized carbons (Fsp3) is 0.562. The van der Waals surface area contributed by atoms with Gasteiger partial charge in [0.1, 0.15) is 0 Å². The van der Waals surface area contributed by atoms with E-state index < -0.39 is 0 Å². The van der Waals surface area contributed by atoms with Gasteiger partial charge in [-0.1, -0.05) is 24.3 Å². The zero-order valence-electron chi connectivity index (χ0n) is 11.7. The summed E-state index contributed by atoms with van der Waals surface area (Å²) in [5, 5.41) is 5.99. The second-order valence-electron chi connectivity index (χ2n) is 5.70. The molecular formula is C16H22N2O2. The summed E-state index contributed by atoms with van der Waals surface area (Å²) in [5.41, 5.74) is 2.72. The van der Waals surface area contributed by atoms with Gasteiger partial charge in [0.2, 0.25) is 0 Å². The molecule has 2 aliphatic rings. The van der Waals surface area contributed by atoms with Crippen LogP contribution in [0.5, 0.6) is 0 Å². The van der Waals surface area contributed by atoms with Crippen LogP contribution >= 0.6 is 0 Å². The van der Waals surface area contributed by atoms with Crippen LogP contribution in [0, 0.1) is 0 Å².